The average Bonchev–Trinajstić information content (AvgIpc) is 3.22. The van der Waals surface area contributed by atoms with Gasteiger partial charge < -0.3 is 14.2 Å². The van der Waals surface area contributed by atoms with Crippen molar-refractivity contribution in [3.63, 3.8) is 0 Å². The van der Waals surface area contributed by atoms with E-state index in [1.807, 2.05) is 32.2 Å². The van der Waals surface area contributed by atoms with E-state index >= 15 is 0 Å². The summed E-state index contributed by atoms with van der Waals surface area (Å²) in [5.74, 6) is 0. The van der Waals surface area contributed by atoms with Gasteiger partial charge in [0.05, 0.1) is 23.3 Å². The summed E-state index contributed by atoms with van der Waals surface area (Å²) in [5.41, 5.74) is 3.87. The highest BCUT2D eigenvalue weighted by Gasteiger charge is 2.27. The molecule has 0 N–H and O–H groups in total. The van der Waals surface area contributed by atoms with Gasteiger partial charge in [0.15, 0.2) is 11.9 Å². The van der Waals surface area contributed by atoms with Gasteiger partial charge in [0, 0.05) is 35.8 Å². The van der Waals surface area contributed by atoms with Gasteiger partial charge in [-0.1, -0.05) is 5.16 Å². The van der Waals surface area contributed by atoms with E-state index in [1.165, 1.54) is 11.3 Å². The van der Waals surface area contributed by atoms with E-state index in [4.69, 9.17) is 9.26 Å². The van der Waals surface area contributed by atoms with Crippen LogP contribution in [0.1, 0.15) is 29.8 Å². The predicted octanol–water partition coefficient (Wildman–Crippen LogP) is 3.69. The molecule has 0 saturated carbocycles. The maximum absolute atomic E-state index is 11.8. The molecule has 6 nitrogen and oxygen atoms in total. The van der Waals surface area contributed by atoms with Crippen LogP contribution in [0, 0.1) is 6.92 Å². The van der Waals surface area contributed by atoms with Crippen molar-refractivity contribution < 1.29 is 14.1 Å². The van der Waals surface area contributed by atoms with Crippen LogP contribution in [0.2, 0.25) is 0 Å². The fraction of sp³-hybridized carbons (Fsp3) is 0.389. The number of hydrogen-bond donors (Lipinski definition) is 0. The van der Waals surface area contributed by atoms with Crippen LogP contribution in [0.15, 0.2) is 22.2 Å². The van der Waals surface area contributed by atoms with Gasteiger partial charge in [-0.05, 0) is 26.8 Å². The second-order valence-electron chi connectivity index (χ2n) is 6.46. The summed E-state index contributed by atoms with van der Waals surface area (Å²) in [6, 6.07) is 1.86. The molecule has 0 bridgehead atoms. The minimum atomic E-state index is 0.110. The lowest BCUT2D eigenvalue weighted by molar-refractivity contribution is -0.00528. The van der Waals surface area contributed by atoms with Gasteiger partial charge in [0.1, 0.15) is 10.7 Å². The van der Waals surface area contributed by atoms with Crippen molar-refractivity contribution in [1.82, 2.24) is 10.1 Å². The third-order valence-electron chi connectivity index (χ3n) is 4.49. The highest BCUT2D eigenvalue weighted by atomic mass is 32.1. The summed E-state index contributed by atoms with van der Waals surface area (Å²) in [6.45, 7) is 7.56. The number of hydrogen-bond acceptors (Lipinski definition) is 7. The van der Waals surface area contributed by atoms with Crippen LogP contribution in [-0.4, -0.2) is 41.7 Å². The number of anilines is 1. The van der Waals surface area contributed by atoms with Crippen LogP contribution in [0.3, 0.4) is 0 Å². The Kier molecular flexibility index (Phi) is 4.05. The number of aromatic nitrogens is 2. The molecular weight excluding hydrogens is 338 g/mol. The maximum atomic E-state index is 11.8. The van der Waals surface area contributed by atoms with E-state index in [2.05, 4.69) is 15.0 Å². The summed E-state index contributed by atoms with van der Waals surface area (Å²) in [5, 5.41) is 7.72. The summed E-state index contributed by atoms with van der Waals surface area (Å²) in [4.78, 5) is 18.3. The van der Waals surface area contributed by atoms with Crippen LogP contribution in [-0.2, 0) is 4.74 Å². The maximum Gasteiger partial charge on any atom is 0.172 e. The number of nitrogens with zero attached hydrogens (tertiary/aromatic N) is 3. The molecule has 2 atom stereocenters. The van der Waals surface area contributed by atoms with Gasteiger partial charge in [0.25, 0.3) is 0 Å². The zero-order chi connectivity index (χ0) is 17.6. The summed E-state index contributed by atoms with van der Waals surface area (Å²) >= 11 is 1.50. The molecule has 1 aliphatic rings. The molecule has 1 aliphatic heterocycles. The number of benzene rings is 1. The number of fused-ring (bicyclic) bond motifs is 1. The third-order valence-corrected chi connectivity index (χ3v) is 5.27. The first-order chi connectivity index (χ1) is 12.1. The Balaban J connectivity index is 1.88. The average molecular weight is 357 g/mol. The topological polar surface area (TPSA) is 68.5 Å². The monoisotopic (exact) mass is 357 g/mol. The standard InChI is InChI=1S/C18H19N3O3S/c1-10-7-21(8-11(2)23-10)16-12(3)17-14(6-13(16)9-22)15(20-24-17)18-19-4-5-25-18/h4-6,9-11H,7-8H2,1-3H3. The predicted molar refractivity (Wildman–Crippen MR) is 97.5 cm³/mol. The molecule has 7 heteroatoms. The minimum Gasteiger partial charge on any atom is -0.372 e. The first kappa shape index (κ1) is 16.2. The molecule has 4 rings (SSSR count). The van der Waals surface area contributed by atoms with Crippen molar-refractivity contribution in [2.45, 2.75) is 33.0 Å². The summed E-state index contributed by atoms with van der Waals surface area (Å²) in [6.07, 6.45) is 2.86. The van der Waals surface area contributed by atoms with Crippen LogP contribution >= 0.6 is 11.3 Å². The van der Waals surface area contributed by atoms with E-state index in [1.54, 1.807) is 6.20 Å². The zero-order valence-electron chi connectivity index (χ0n) is 14.4. The van der Waals surface area contributed by atoms with Crippen molar-refractivity contribution in [3.05, 3.63) is 28.8 Å². The number of carbonyl (C=O) groups is 1. The molecule has 3 aromatic rings. The summed E-state index contributed by atoms with van der Waals surface area (Å²) < 4.78 is 11.5. The normalized spacial score (nSPS) is 21.0. The lowest BCUT2D eigenvalue weighted by Gasteiger charge is -2.38. The highest BCUT2D eigenvalue weighted by molar-refractivity contribution is 7.13. The SMILES string of the molecule is Cc1c(N2CC(C)OC(C)C2)c(C=O)cc2c(-c3nccs3)noc12. The summed E-state index contributed by atoms with van der Waals surface area (Å²) in [7, 11) is 0. The van der Waals surface area contributed by atoms with E-state index in [0.717, 1.165) is 41.0 Å². The molecule has 1 fully saturated rings. The van der Waals surface area contributed by atoms with Crippen molar-refractivity contribution in [1.29, 1.82) is 0 Å². The molecule has 25 heavy (non-hydrogen) atoms. The molecular formula is C18H19N3O3S. The zero-order valence-corrected chi connectivity index (χ0v) is 15.2. The van der Waals surface area contributed by atoms with Gasteiger partial charge in [-0.15, -0.1) is 11.3 Å². The lowest BCUT2D eigenvalue weighted by Crippen LogP contribution is -2.46. The number of aldehydes is 1. The molecule has 3 heterocycles. The minimum absolute atomic E-state index is 0.110. The number of morpholine rings is 1. The quantitative estimate of drug-likeness (QED) is 0.666. The smallest absolute Gasteiger partial charge is 0.172 e. The van der Waals surface area contributed by atoms with E-state index in [0.29, 0.717) is 16.8 Å². The molecule has 1 saturated heterocycles. The number of carbonyl (C=O) groups excluding carboxylic acids is 1. The molecule has 0 amide bonds. The fourth-order valence-electron chi connectivity index (χ4n) is 3.61. The Morgan fingerprint density at radius 2 is 2.08 bits per heavy atom. The van der Waals surface area contributed by atoms with Crippen molar-refractivity contribution >= 4 is 34.3 Å². The molecule has 2 aromatic heterocycles. The molecule has 0 radical (unpaired) electrons. The van der Waals surface area contributed by atoms with E-state index in [9.17, 15) is 4.79 Å². The molecule has 2 unspecified atom stereocenters. The number of thiazole rings is 1. The van der Waals surface area contributed by atoms with Crippen LogP contribution in [0.5, 0.6) is 0 Å². The van der Waals surface area contributed by atoms with E-state index < -0.39 is 0 Å². The largest absolute Gasteiger partial charge is 0.372 e. The Hall–Kier alpha value is -2.25. The van der Waals surface area contributed by atoms with E-state index in [-0.39, 0.29) is 12.2 Å². The second kappa shape index (κ2) is 6.24. The van der Waals surface area contributed by atoms with Crippen molar-refractivity contribution in [2.24, 2.45) is 0 Å². The van der Waals surface area contributed by atoms with Crippen LogP contribution < -0.4 is 4.90 Å². The Morgan fingerprint density at radius 3 is 2.72 bits per heavy atom. The Labute approximate surface area is 149 Å². The lowest BCUT2D eigenvalue weighted by atomic mass is 10.0. The molecule has 0 spiro atoms. The molecule has 1 aromatic carbocycles. The number of aryl methyl sites for hydroxylation is 1. The van der Waals surface area contributed by atoms with Crippen molar-refractivity contribution in [2.75, 3.05) is 18.0 Å². The third kappa shape index (κ3) is 2.73. The number of ether oxygens (including phenoxy) is 1. The first-order valence-corrected chi connectivity index (χ1v) is 9.15. The Morgan fingerprint density at radius 1 is 1.32 bits per heavy atom. The van der Waals surface area contributed by atoms with Crippen molar-refractivity contribution in [3.8, 4) is 10.7 Å². The molecule has 130 valence electrons. The first-order valence-electron chi connectivity index (χ1n) is 8.27. The van der Waals surface area contributed by atoms with Gasteiger partial charge in [-0.3, -0.25) is 4.79 Å². The van der Waals surface area contributed by atoms with Gasteiger partial charge in [0.2, 0.25) is 0 Å². The Bertz CT molecular complexity index is 909. The van der Waals surface area contributed by atoms with Gasteiger partial charge in [-0.2, -0.15) is 0 Å². The van der Waals surface area contributed by atoms with Gasteiger partial charge in [-0.25, -0.2) is 4.98 Å². The van der Waals surface area contributed by atoms with Gasteiger partial charge >= 0.3 is 0 Å². The van der Waals surface area contributed by atoms with Crippen LogP contribution in [0.4, 0.5) is 5.69 Å². The highest BCUT2D eigenvalue weighted by Crippen LogP contribution is 2.38. The number of rotatable bonds is 3. The second-order valence-corrected chi connectivity index (χ2v) is 7.36. The van der Waals surface area contributed by atoms with Crippen LogP contribution in [0.25, 0.3) is 21.7 Å². The fourth-order valence-corrected chi connectivity index (χ4v) is 4.25. The molecule has 0 aliphatic carbocycles.